The predicted octanol–water partition coefficient (Wildman–Crippen LogP) is 4.60. The van der Waals surface area contributed by atoms with E-state index in [1.54, 1.807) is 42.5 Å². The number of aromatic carboxylic acids is 1. The van der Waals surface area contributed by atoms with Gasteiger partial charge in [0.1, 0.15) is 12.4 Å². The van der Waals surface area contributed by atoms with E-state index in [2.05, 4.69) is 22.0 Å². The Kier molecular flexibility index (Phi) is 7.06. The number of nitrogens with zero attached hydrogens (tertiary/aromatic N) is 1. The third-order valence-electron chi connectivity index (χ3n) is 4.44. The summed E-state index contributed by atoms with van der Waals surface area (Å²) in [6, 6.07) is 17.4. The van der Waals surface area contributed by atoms with Gasteiger partial charge in [-0.1, -0.05) is 52.3 Å². The largest absolute Gasteiger partial charge is 0.545 e. The highest BCUT2D eigenvalue weighted by atomic mass is 79.9. The lowest BCUT2D eigenvalue weighted by atomic mass is 10.0. The lowest BCUT2D eigenvalue weighted by molar-refractivity contribution is -0.255. The maximum Gasteiger partial charge on any atom is 0.162 e. The molecule has 0 aromatic heterocycles. The number of carbonyl (C=O) groups excluding carboxylic acids is 1. The first-order valence-electron chi connectivity index (χ1n) is 9.09. The van der Waals surface area contributed by atoms with Crippen LogP contribution in [0.3, 0.4) is 0 Å². The summed E-state index contributed by atoms with van der Waals surface area (Å²) >= 11 is 3.48. The number of carbonyl (C=O) groups is 1. The van der Waals surface area contributed by atoms with Gasteiger partial charge in [0.2, 0.25) is 0 Å². The van der Waals surface area contributed by atoms with Crippen LogP contribution in [0, 0.1) is 17.1 Å². The number of ether oxygens (including phenoxy) is 2. The molecule has 3 rings (SSSR count). The molecule has 0 N–H and O–H groups in total. The van der Waals surface area contributed by atoms with Crippen molar-refractivity contribution in [2.45, 2.75) is 6.61 Å². The molecular formula is C24H16BrFNO4-. The number of methoxy groups -OCH3 is 1. The van der Waals surface area contributed by atoms with E-state index in [9.17, 15) is 19.6 Å². The van der Waals surface area contributed by atoms with Crippen LogP contribution in [-0.4, -0.2) is 13.1 Å². The summed E-state index contributed by atoms with van der Waals surface area (Å²) in [6.07, 6.45) is 1.66. The molecule has 0 bridgehead atoms. The van der Waals surface area contributed by atoms with Crippen molar-refractivity contribution >= 4 is 33.5 Å². The molecule has 0 spiro atoms. The summed E-state index contributed by atoms with van der Waals surface area (Å²) in [5, 5.41) is 20.5. The maximum absolute atomic E-state index is 13.1. The van der Waals surface area contributed by atoms with Gasteiger partial charge in [-0.3, -0.25) is 0 Å². The van der Waals surface area contributed by atoms with Gasteiger partial charge >= 0.3 is 0 Å². The van der Waals surface area contributed by atoms with Gasteiger partial charge in [-0.25, -0.2) is 4.39 Å². The molecule has 7 heteroatoms. The van der Waals surface area contributed by atoms with Crippen molar-refractivity contribution in [2.75, 3.05) is 7.11 Å². The molecule has 31 heavy (non-hydrogen) atoms. The highest BCUT2D eigenvalue weighted by molar-refractivity contribution is 9.10. The van der Waals surface area contributed by atoms with E-state index in [-0.39, 0.29) is 18.0 Å². The van der Waals surface area contributed by atoms with Gasteiger partial charge in [0.15, 0.2) is 11.5 Å². The minimum absolute atomic E-state index is 0.0338. The Morgan fingerprint density at radius 1 is 1.10 bits per heavy atom. The monoisotopic (exact) mass is 480 g/mol. The molecule has 0 aliphatic rings. The van der Waals surface area contributed by atoms with Gasteiger partial charge in [0.25, 0.3) is 0 Å². The first-order chi connectivity index (χ1) is 14.9. The SMILES string of the molecule is COc1cc(/C=C(/C#N)c2ccc(C(=O)[O-])cc2)c(Br)cc1OCc1ccc(F)cc1. The van der Waals surface area contributed by atoms with Gasteiger partial charge in [-0.15, -0.1) is 0 Å². The molecule has 0 amide bonds. The molecule has 156 valence electrons. The van der Waals surface area contributed by atoms with Crippen LogP contribution in [0.4, 0.5) is 4.39 Å². The third-order valence-corrected chi connectivity index (χ3v) is 5.13. The van der Waals surface area contributed by atoms with Crippen molar-refractivity contribution in [3.8, 4) is 17.6 Å². The minimum atomic E-state index is -1.28. The number of hydrogen-bond donors (Lipinski definition) is 0. The molecular weight excluding hydrogens is 465 g/mol. The second-order valence-corrected chi connectivity index (χ2v) is 7.33. The van der Waals surface area contributed by atoms with E-state index in [0.29, 0.717) is 32.7 Å². The summed E-state index contributed by atoms with van der Waals surface area (Å²) < 4.78 is 25.0. The van der Waals surface area contributed by atoms with Crippen molar-refractivity contribution in [1.29, 1.82) is 5.26 Å². The Labute approximate surface area is 187 Å². The Hall–Kier alpha value is -3.63. The molecule has 0 aliphatic heterocycles. The summed E-state index contributed by atoms with van der Waals surface area (Å²) in [6.45, 7) is 0.229. The normalized spacial score (nSPS) is 11.0. The lowest BCUT2D eigenvalue weighted by Crippen LogP contribution is -2.21. The van der Waals surface area contributed by atoms with Crippen molar-refractivity contribution in [3.63, 3.8) is 0 Å². The van der Waals surface area contributed by atoms with Crippen LogP contribution in [0.1, 0.15) is 27.0 Å². The number of rotatable bonds is 7. The zero-order chi connectivity index (χ0) is 22.4. The second-order valence-electron chi connectivity index (χ2n) is 6.47. The summed E-state index contributed by atoms with van der Waals surface area (Å²) in [7, 11) is 1.51. The van der Waals surface area contributed by atoms with Crippen LogP contribution in [0.2, 0.25) is 0 Å². The molecule has 3 aromatic rings. The van der Waals surface area contributed by atoms with Gasteiger partial charge in [0, 0.05) is 4.47 Å². The molecule has 0 unspecified atom stereocenters. The van der Waals surface area contributed by atoms with Crippen LogP contribution < -0.4 is 14.6 Å². The Bertz CT molecular complexity index is 1170. The fourth-order valence-corrected chi connectivity index (χ4v) is 3.23. The number of carboxylic acid groups (broad SMARTS) is 1. The third kappa shape index (κ3) is 5.50. The van der Waals surface area contributed by atoms with E-state index in [1.165, 1.54) is 31.4 Å². The number of allylic oxidation sites excluding steroid dienone is 1. The number of benzene rings is 3. The molecule has 0 fully saturated rings. The van der Waals surface area contributed by atoms with E-state index >= 15 is 0 Å². The Morgan fingerprint density at radius 3 is 2.32 bits per heavy atom. The first-order valence-corrected chi connectivity index (χ1v) is 9.89. The molecule has 0 radical (unpaired) electrons. The summed E-state index contributed by atoms with van der Waals surface area (Å²) in [5.74, 6) is -0.658. The quantitative estimate of drug-likeness (QED) is 0.364. The number of halogens is 2. The smallest absolute Gasteiger partial charge is 0.162 e. The van der Waals surface area contributed by atoms with E-state index in [4.69, 9.17) is 9.47 Å². The molecule has 0 atom stereocenters. The van der Waals surface area contributed by atoms with Crippen LogP contribution >= 0.6 is 15.9 Å². The van der Waals surface area contributed by atoms with Gasteiger partial charge in [-0.2, -0.15) is 5.26 Å². The molecule has 0 saturated heterocycles. The van der Waals surface area contributed by atoms with Crippen molar-refractivity contribution in [1.82, 2.24) is 0 Å². The average molecular weight is 481 g/mol. The maximum atomic E-state index is 13.1. The summed E-state index contributed by atoms with van der Waals surface area (Å²) in [5.41, 5.74) is 2.41. The number of nitriles is 1. The standard InChI is InChI=1S/C24H17BrFNO4/c1-30-22-11-18(10-19(13-27)16-4-6-17(7-5-16)24(28)29)21(25)12-23(22)31-14-15-2-8-20(26)9-3-15/h2-12H,14H2,1H3,(H,28,29)/p-1/b19-10-. The minimum Gasteiger partial charge on any atom is -0.545 e. The molecule has 3 aromatic carbocycles. The van der Waals surface area contributed by atoms with Crippen molar-refractivity contribution in [2.24, 2.45) is 0 Å². The predicted molar refractivity (Wildman–Crippen MR) is 116 cm³/mol. The average Bonchev–Trinajstić information content (AvgIpc) is 2.78. The fraction of sp³-hybridized carbons (Fsp3) is 0.0833. The number of hydrogen-bond acceptors (Lipinski definition) is 5. The fourth-order valence-electron chi connectivity index (χ4n) is 2.80. The molecule has 0 saturated carbocycles. The zero-order valence-corrected chi connectivity index (χ0v) is 18.0. The van der Waals surface area contributed by atoms with E-state index < -0.39 is 5.97 Å². The van der Waals surface area contributed by atoms with Crippen molar-refractivity contribution < 1.29 is 23.8 Å². The lowest BCUT2D eigenvalue weighted by Gasteiger charge is -2.13. The van der Waals surface area contributed by atoms with Gasteiger partial charge in [0.05, 0.1) is 24.7 Å². The second kappa shape index (κ2) is 9.92. The number of carboxylic acids is 1. The first kappa shape index (κ1) is 22.1. The van der Waals surface area contributed by atoms with E-state index in [0.717, 1.165) is 5.56 Å². The van der Waals surface area contributed by atoms with Crippen LogP contribution in [0.15, 0.2) is 65.1 Å². The highest BCUT2D eigenvalue weighted by Crippen LogP contribution is 2.36. The molecule has 0 heterocycles. The van der Waals surface area contributed by atoms with Gasteiger partial charge in [-0.05, 0) is 52.6 Å². The van der Waals surface area contributed by atoms with Crippen LogP contribution in [-0.2, 0) is 6.61 Å². The van der Waals surface area contributed by atoms with Crippen molar-refractivity contribution in [3.05, 3.63) is 93.2 Å². The van der Waals surface area contributed by atoms with Crippen LogP contribution in [0.25, 0.3) is 11.6 Å². The summed E-state index contributed by atoms with van der Waals surface area (Å²) in [4.78, 5) is 10.9. The van der Waals surface area contributed by atoms with E-state index in [1.807, 2.05) is 0 Å². The molecule has 5 nitrogen and oxygen atoms in total. The van der Waals surface area contributed by atoms with Gasteiger partial charge < -0.3 is 19.4 Å². The van der Waals surface area contributed by atoms with Crippen LogP contribution in [0.5, 0.6) is 11.5 Å². The highest BCUT2D eigenvalue weighted by Gasteiger charge is 2.11. The topological polar surface area (TPSA) is 82.4 Å². The Morgan fingerprint density at radius 2 is 1.74 bits per heavy atom. The molecule has 0 aliphatic carbocycles. The zero-order valence-electron chi connectivity index (χ0n) is 16.4. The Balaban J connectivity index is 1.87.